The number of pyridine rings is 1. The SMILES string of the molecule is N#Cc1ncn(-c2ncccc2C(=O)O)n1. The van der Waals surface area contributed by atoms with Gasteiger partial charge in [0.1, 0.15) is 18.0 Å². The van der Waals surface area contributed by atoms with Gasteiger partial charge in [-0.25, -0.2) is 19.4 Å². The third-order valence-electron chi connectivity index (χ3n) is 1.83. The van der Waals surface area contributed by atoms with Crippen molar-refractivity contribution in [2.45, 2.75) is 0 Å². The number of nitriles is 1. The van der Waals surface area contributed by atoms with Crippen LogP contribution in [0, 0.1) is 11.3 Å². The van der Waals surface area contributed by atoms with Crippen molar-refractivity contribution in [1.29, 1.82) is 5.26 Å². The van der Waals surface area contributed by atoms with Crippen LogP contribution in [0.4, 0.5) is 0 Å². The smallest absolute Gasteiger partial charge is 0.339 e. The van der Waals surface area contributed by atoms with Crippen LogP contribution in [0.25, 0.3) is 5.82 Å². The molecule has 0 amide bonds. The van der Waals surface area contributed by atoms with Gasteiger partial charge in [-0.1, -0.05) is 0 Å². The lowest BCUT2D eigenvalue weighted by Gasteiger charge is -2.02. The average Bonchev–Trinajstić information content (AvgIpc) is 2.77. The highest BCUT2D eigenvalue weighted by Crippen LogP contribution is 2.09. The molecule has 2 aromatic rings. The quantitative estimate of drug-likeness (QED) is 0.768. The van der Waals surface area contributed by atoms with Crippen LogP contribution in [0.5, 0.6) is 0 Å². The number of carboxylic acid groups (broad SMARTS) is 1. The summed E-state index contributed by atoms with van der Waals surface area (Å²) in [6.45, 7) is 0. The van der Waals surface area contributed by atoms with E-state index in [-0.39, 0.29) is 17.2 Å². The van der Waals surface area contributed by atoms with Crippen LogP contribution in [-0.2, 0) is 0 Å². The highest BCUT2D eigenvalue weighted by atomic mass is 16.4. The molecule has 0 fully saturated rings. The van der Waals surface area contributed by atoms with E-state index in [2.05, 4.69) is 15.1 Å². The molecule has 2 rings (SSSR count). The number of carbonyl (C=O) groups is 1. The van der Waals surface area contributed by atoms with Crippen LogP contribution in [0.3, 0.4) is 0 Å². The summed E-state index contributed by atoms with van der Waals surface area (Å²) in [5.74, 6) is -1.02. The van der Waals surface area contributed by atoms with Gasteiger partial charge in [0.2, 0.25) is 0 Å². The first-order chi connectivity index (χ1) is 7.72. The summed E-state index contributed by atoms with van der Waals surface area (Å²) in [6.07, 6.45) is 2.68. The van der Waals surface area contributed by atoms with Crippen LogP contribution >= 0.6 is 0 Å². The Morgan fingerprint density at radius 3 is 2.94 bits per heavy atom. The fraction of sp³-hybridized carbons (Fsp3) is 0. The van der Waals surface area contributed by atoms with Gasteiger partial charge in [-0.3, -0.25) is 0 Å². The first-order valence-corrected chi connectivity index (χ1v) is 4.23. The van der Waals surface area contributed by atoms with Crippen molar-refractivity contribution in [1.82, 2.24) is 19.7 Å². The summed E-state index contributed by atoms with van der Waals surface area (Å²) in [5.41, 5.74) is -0.00288. The monoisotopic (exact) mass is 215 g/mol. The van der Waals surface area contributed by atoms with E-state index in [1.54, 1.807) is 6.07 Å². The largest absolute Gasteiger partial charge is 0.478 e. The Morgan fingerprint density at radius 2 is 2.31 bits per heavy atom. The summed E-state index contributed by atoms with van der Waals surface area (Å²) in [4.78, 5) is 18.5. The van der Waals surface area contributed by atoms with Gasteiger partial charge in [0, 0.05) is 6.20 Å². The molecule has 1 N–H and O–H groups in total. The number of hydrogen-bond donors (Lipinski definition) is 1. The second kappa shape index (κ2) is 3.78. The zero-order chi connectivity index (χ0) is 11.5. The molecule has 0 radical (unpaired) electrons. The Labute approximate surface area is 89.6 Å². The van der Waals surface area contributed by atoms with Gasteiger partial charge in [-0.15, -0.1) is 5.10 Å². The molecule has 0 atom stereocenters. The lowest BCUT2D eigenvalue weighted by Crippen LogP contribution is -2.08. The van der Waals surface area contributed by atoms with Gasteiger partial charge in [0.25, 0.3) is 5.82 Å². The number of aromatic nitrogens is 4. The van der Waals surface area contributed by atoms with Gasteiger partial charge >= 0.3 is 5.97 Å². The van der Waals surface area contributed by atoms with E-state index < -0.39 is 5.97 Å². The number of rotatable bonds is 2. The topological polar surface area (TPSA) is 105 Å². The molecular formula is C9H5N5O2. The molecule has 0 aliphatic carbocycles. The maximum Gasteiger partial charge on any atom is 0.339 e. The second-order valence-electron chi connectivity index (χ2n) is 2.80. The summed E-state index contributed by atoms with van der Waals surface area (Å²) in [6, 6.07) is 4.66. The van der Waals surface area contributed by atoms with Gasteiger partial charge in [-0.2, -0.15) is 5.26 Å². The molecule has 0 bridgehead atoms. The van der Waals surface area contributed by atoms with Crippen molar-refractivity contribution in [3.63, 3.8) is 0 Å². The van der Waals surface area contributed by atoms with Gasteiger partial charge in [0.05, 0.1) is 0 Å². The average molecular weight is 215 g/mol. The molecule has 0 spiro atoms. The van der Waals surface area contributed by atoms with Crippen molar-refractivity contribution >= 4 is 5.97 Å². The second-order valence-corrected chi connectivity index (χ2v) is 2.80. The molecule has 0 aromatic carbocycles. The minimum atomic E-state index is -1.11. The Kier molecular flexibility index (Phi) is 2.31. The Morgan fingerprint density at radius 1 is 1.50 bits per heavy atom. The van der Waals surface area contributed by atoms with E-state index in [1.165, 1.54) is 24.7 Å². The van der Waals surface area contributed by atoms with Gasteiger partial charge in [-0.05, 0) is 12.1 Å². The molecule has 2 aromatic heterocycles. The predicted octanol–water partition coefficient (Wildman–Crippen LogP) is 0.232. The van der Waals surface area contributed by atoms with Crippen molar-refractivity contribution < 1.29 is 9.90 Å². The van der Waals surface area contributed by atoms with E-state index in [9.17, 15) is 4.79 Å². The number of nitrogens with zero attached hydrogens (tertiary/aromatic N) is 5. The van der Waals surface area contributed by atoms with Crippen molar-refractivity contribution in [2.24, 2.45) is 0 Å². The zero-order valence-electron chi connectivity index (χ0n) is 7.90. The molecule has 0 saturated carbocycles. The normalized spacial score (nSPS) is 9.69. The third kappa shape index (κ3) is 1.59. The molecular weight excluding hydrogens is 210 g/mol. The minimum Gasteiger partial charge on any atom is -0.478 e. The van der Waals surface area contributed by atoms with E-state index in [4.69, 9.17) is 10.4 Å². The Hall–Kier alpha value is -2.75. The predicted molar refractivity (Wildman–Crippen MR) is 50.8 cm³/mol. The number of aromatic carboxylic acids is 1. The fourth-order valence-corrected chi connectivity index (χ4v) is 1.16. The molecule has 16 heavy (non-hydrogen) atoms. The van der Waals surface area contributed by atoms with Crippen LogP contribution in [0.1, 0.15) is 16.2 Å². The van der Waals surface area contributed by atoms with Crippen molar-refractivity contribution in [3.05, 3.63) is 36.0 Å². The number of hydrogen-bond acceptors (Lipinski definition) is 5. The molecule has 78 valence electrons. The van der Waals surface area contributed by atoms with Crippen molar-refractivity contribution in [2.75, 3.05) is 0 Å². The number of carboxylic acids is 1. The molecule has 7 nitrogen and oxygen atoms in total. The van der Waals surface area contributed by atoms with E-state index in [0.29, 0.717) is 0 Å². The van der Waals surface area contributed by atoms with Crippen LogP contribution < -0.4 is 0 Å². The highest BCUT2D eigenvalue weighted by Gasteiger charge is 2.13. The molecule has 0 aliphatic heterocycles. The van der Waals surface area contributed by atoms with E-state index in [1.807, 2.05) is 0 Å². The fourth-order valence-electron chi connectivity index (χ4n) is 1.16. The standard InChI is InChI=1S/C9H5N5O2/c10-4-7-12-5-14(13-7)8-6(9(15)16)2-1-3-11-8/h1-3,5H,(H,15,16). The van der Waals surface area contributed by atoms with Crippen LogP contribution in [-0.4, -0.2) is 30.8 Å². The summed E-state index contributed by atoms with van der Waals surface area (Å²) in [5, 5.41) is 21.2. The van der Waals surface area contributed by atoms with Crippen LogP contribution in [0.2, 0.25) is 0 Å². The molecule has 0 unspecified atom stereocenters. The Bertz CT molecular complexity index is 584. The lowest BCUT2D eigenvalue weighted by molar-refractivity contribution is 0.0696. The molecule has 0 aliphatic rings. The van der Waals surface area contributed by atoms with Crippen molar-refractivity contribution in [3.8, 4) is 11.9 Å². The maximum absolute atomic E-state index is 10.9. The summed E-state index contributed by atoms with van der Waals surface area (Å²) in [7, 11) is 0. The molecule has 7 heteroatoms. The molecule has 0 saturated heterocycles. The van der Waals surface area contributed by atoms with E-state index >= 15 is 0 Å². The molecule has 2 heterocycles. The summed E-state index contributed by atoms with van der Waals surface area (Å²) < 4.78 is 1.15. The highest BCUT2D eigenvalue weighted by molar-refractivity contribution is 5.90. The lowest BCUT2D eigenvalue weighted by atomic mass is 10.2. The zero-order valence-corrected chi connectivity index (χ0v) is 7.90. The van der Waals surface area contributed by atoms with Gasteiger partial charge in [0.15, 0.2) is 5.82 Å². The Balaban J connectivity index is 2.56. The third-order valence-corrected chi connectivity index (χ3v) is 1.83. The summed E-state index contributed by atoms with van der Waals surface area (Å²) >= 11 is 0. The first kappa shape index (κ1) is 9.79. The van der Waals surface area contributed by atoms with E-state index in [0.717, 1.165) is 4.68 Å². The maximum atomic E-state index is 10.9. The minimum absolute atomic E-state index is 0.00288. The van der Waals surface area contributed by atoms with Crippen LogP contribution in [0.15, 0.2) is 24.7 Å². The first-order valence-electron chi connectivity index (χ1n) is 4.23. The van der Waals surface area contributed by atoms with Gasteiger partial charge < -0.3 is 5.11 Å².